The van der Waals surface area contributed by atoms with Gasteiger partial charge in [0.1, 0.15) is 17.5 Å². The average molecular weight is 267 g/mol. The zero-order valence-corrected chi connectivity index (χ0v) is 12.1. The molecule has 0 bridgehead atoms. The number of hydrogen-bond donors (Lipinski definition) is 1. The molecule has 2 aromatic rings. The van der Waals surface area contributed by atoms with Crippen LogP contribution in [0.2, 0.25) is 0 Å². The van der Waals surface area contributed by atoms with Crippen LogP contribution in [0.5, 0.6) is 0 Å². The molecule has 0 aliphatic rings. The lowest BCUT2D eigenvalue weighted by Crippen LogP contribution is -2.12. The van der Waals surface area contributed by atoms with E-state index < -0.39 is 0 Å². The molecule has 0 fully saturated rings. The maximum atomic E-state index is 8.94. The maximum absolute atomic E-state index is 8.94. The van der Waals surface area contributed by atoms with Crippen molar-refractivity contribution in [1.82, 2.24) is 9.97 Å². The largest absolute Gasteiger partial charge is 0.340 e. The van der Waals surface area contributed by atoms with Crippen LogP contribution < -0.4 is 10.2 Å². The Bertz CT molecular complexity index is 652. The molecule has 1 heterocycles. The van der Waals surface area contributed by atoms with Gasteiger partial charge in [-0.3, -0.25) is 4.90 Å². The van der Waals surface area contributed by atoms with Gasteiger partial charge in [0, 0.05) is 18.8 Å². The van der Waals surface area contributed by atoms with E-state index in [0.29, 0.717) is 17.5 Å². The van der Waals surface area contributed by atoms with Crippen LogP contribution in [0, 0.1) is 32.2 Å². The monoisotopic (exact) mass is 267 g/mol. The van der Waals surface area contributed by atoms with E-state index in [0.717, 1.165) is 16.8 Å². The van der Waals surface area contributed by atoms with Crippen LogP contribution in [0.3, 0.4) is 0 Å². The lowest BCUT2D eigenvalue weighted by molar-refractivity contribution is 1.02. The maximum Gasteiger partial charge on any atom is 0.185 e. The first kappa shape index (κ1) is 13.8. The van der Waals surface area contributed by atoms with Gasteiger partial charge < -0.3 is 5.32 Å². The number of rotatable bonds is 3. The molecule has 0 radical (unpaired) electrons. The first-order valence-corrected chi connectivity index (χ1v) is 6.33. The molecular weight excluding hydrogens is 250 g/mol. The summed E-state index contributed by atoms with van der Waals surface area (Å²) in [5.74, 6) is 1.89. The van der Waals surface area contributed by atoms with Gasteiger partial charge in [0.25, 0.3) is 0 Å². The van der Waals surface area contributed by atoms with E-state index in [4.69, 9.17) is 5.26 Å². The van der Waals surface area contributed by atoms with Gasteiger partial charge in [0.2, 0.25) is 0 Å². The van der Waals surface area contributed by atoms with Crippen LogP contribution in [0.4, 0.5) is 17.3 Å². The Morgan fingerprint density at radius 3 is 2.40 bits per heavy atom. The van der Waals surface area contributed by atoms with Crippen molar-refractivity contribution in [3.8, 4) is 6.19 Å². The number of nitriles is 1. The summed E-state index contributed by atoms with van der Waals surface area (Å²) >= 11 is 0. The Hall–Kier alpha value is -2.61. The average Bonchev–Trinajstić information content (AvgIpc) is 2.41. The second-order valence-electron chi connectivity index (χ2n) is 4.71. The molecule has 0 aliphatic carbocycles. The fourth-order valence-electron chi connectivity index (χ4n) is 1.98. The second-order valence-corrected chi connectivity index (χ2v) is 4.71. The van der Waals surface area contributed by atoms with Gasteiger partial charge in [-0.1, -0.05) is 18.2 Å². The van der Waals surface area contributed by atoms with E-state index in [2.05, 4.69) is 15.3 Å². The fourth-order valence-corrected chi connectivity index (χ4v) is 1.98. The molecule has 0 saturated heterocycles. The topological polar surface area (TPSA) is 64.8 Å². The van der Waals surface area contributed by atoms with Gasteiger partial charge in [-0.15, -0.1) is 0 Å². The lowest BCUT2D eigenvalue weighted by Gasteiger charge is -2.14. The minimum atomic E-state index is 0.578. The van der Waals surface area contributed by atoms with Gasteiger partial charge in [-0.25, -0.2) is 9.97 Å². The summed E-state index contributed by atoms with van der Waals surface area (Å²) in [5.41, 5.74) is 3.34. The predicted octanol–water partition coefficient (Wildman–Crippen LogP) is 3.06. The van der Waals surface area contributed by atoms with Crippen LogP contribution in [-0.4, -0.2) is 17.0 Å². The Labute approximate surface area is 118 Å². The van der Waals surface area contributed by atoms with Crippen LogP contribution in [0.25, 0.3) is 0 Å². The van der Waals surface area contributed by atoms with Crippen LogP contribution in [0.15, 0.2) is 24.3 Å². The summed E-state index contributed by atoms with van der Waals surface area (Å²) < 4.78 is 0. The number of nitrogens with one attached hydrogen (secondary N) is 1. The van der Waals surface area contributed by atoms with Crippen LogP contribution in [0.1, 0.15) is 17.0 Å². The number of nitrogens with zero attached hydrogens (tertiary/aromatic N) is 4. The van der Waals surface area contributed by atoms with E-state index >= 15 is 0 Å². The molecule has 0 atom stereocenters. The molecule has 5 nitrogen and oxygen atoms in total. The number of benzene rings is 1. The third kappa shape index (κ3) is 2.86. The van der Waals surface area contributed by atoms with Crippen molar-refractivity contribution in [1.29, 1.82) is 5.26 Å². The zero-order chi connectivity index (χ0) is 14.7. The number of para-hydroxylation sites is 1. The standard InChI is InChI=1S/C15H17N5/c1-10-6-5-7-11(2)15(10)19-13-8-14(20(4)9-16)18-12(3)17-13/h5-8H,1-4H3,(H,17,18,19). The van der Waals surface area contributed by atoms with Crippen molar-refractivity contribution in [2.24, 2.45) is 0 Å². The number of aromatic nitrogens is 2. The molecular formula is C15H17N5. The molecule has 5 heteroatoms. The first-order chi connectivity index (χ1) is 9.51. The third-order valence-electron chi connectivity index (χ3n) is 3.05. The Balaban J connectivity index is 2.39. The summed E-state index contributed by atoms with van der Waals surface area (Å²) in [6.45, 7) is 5.90. The second kappa shape index (κ2) is 5.57. The highest BCUT2D eigenvalue weighted by atomic mass is 15.2. The smallest absolute Gasteiger partial charge is 0.185 e. The molecule has 1 aromatic heterocycles. The highest BCUT2D eigenvalue weighted by Gasteiger charge is 2.08. The molecule has 1 aromatic carbocycles. The molecule has 2 rings (SSSR count). The summed E-state index contributed by atoms with van der Waals surface area (Å²) in [4.78, 5) is 10.0. The van der Waals surface area contributed by atoms with Gasteiger partial charge in [0.15, 0.2) is 6.19 Å². The highest BCUT2D eigenvalue weighted by Crippen LogP contribution is 2.24. The summed E-state index contributed by atoms with van der Waals surface area (Å²) in [7, 11) is 1.67. The number of hydrogen-bond acceptors (Lipinski definition) is 5. The van der Waals surface area contributed by atoms with Gasteiger partial charge in [-0.2, -0.15) is 5.26 Å². The molecule has 0 unspecified atom stereocenters. The Morgan fingerprint density at radius 1 is 1.15 bits per heavy atom. The van der Waals surface area contributed by atoms with Crippen molar-refractivity contribution in [2.75, 3.05) is 17.3 Å². The molecule has 0 saturated carbocycles. The third-order valence-corrected chi connectivity index (χ3v) is 3.05. The summed E-state index contributed by atoms with van der Waals surface area (Å²) in [6.07, 6.45) is 2.04. The lowest BCUT2D eigenvalue weighted by atomic mass is 10.1. The SMILES string of the molecule is Cc1nc(Nc2c(C)cccc2C)cc(N(C)C#N)n1. The fraction of sp³-hybridized carbons (Fsp3) is 0.267. The minimum Gasteiger partial charge on any atom is -0.340 e. The van der Waals surface area contributed by atoms with Crippen LogP contribution in [-0.2, 0) is 0 Å². The molecule has 20 heavy (non-hydrogen) atoms. The van der Waals surface area contributed by atoms with E-state index in [1.54, 1.807) is 13.1 Å². The van der Waals surface area contributed by atoms with Gasteiger partial charge in [-0.05, 0) is 31.9 Å². The Morgan fingerprint density at radius 2 is 1.80 bits per heavy atom. The van der Waals surface area contributed by atoms with Gasteiger partial charge in [0.05, 0.1) is 0 Å². The number of anilines is 3. The van der Waals surface area contributed by atoms with Crippen LogP contribution >= 0.6 is 0 Å². The molecule has 1 N–H and O–H groups in total. The zero-order valence-electron chi connectivity index (χ0n) is 12.1. The van der Waals surface area contributed by atoms with Gasteiger partial charge >= 0.3 is 0 Å². The van der Waals surface area contributed by atoms with E-state index in [9.17, 15) is 0 Å². The van der Waals surface area contributed by atoms with E-state index in [-0.39, 0.29) is 0 Å². The van der Waals surface area contributed by atoms with Crippen molar-refractivity contribution in [3.05, 3.63) is 41.2 Å². The van der Waals surface area contributed by atoms with Crippen molar-refractivity contribution < 1.29 is 0 Å². The van der Waals surface area contributed by atoms with Crippen molar-refractivity contribution >= 4 is 17.3 Å². The predicted molar refractivity (Wildman–Crippen MR) is 80.0 cm³/mol. The Kier molecular flexibility index (Phi) is 3.85. The van der Waals surface area contributed by atoms with Crippen molar-refractivity contribution in [3.63, 3.8) is 0 Å². The van der Waals surface area contributed by atoms with E-state index in [1.807, 2.05) is 45.2 Å². The highest BCUT2D eigenvalue weighted by molar-refractivity contribution is 5.66. The minimum absolute atomic E-state index is 0.578. The molecule has 0 spiro atoms. The molecule has 0 amide bonds. The normalized spacial score (nSPS) is 9.95. The number of aryl methyl sites for hydroxylation is 3. The molecule has 0 aliphatic heterocycles. The first-order valence-electron chi connectivity index (χ1n) is 6.33. The molecule has 102 valence electrons. The summed E-state index contributed by atoms with van der Waals surface area (Å²) in [5, 5.41) is 12.3. The quantitative estimate of drug-likeness (QED) is 0.684. The van der Waals surface area contributed by atoms with E-state index in [1.165, 1.54) is 4.90 Å². The van der Waals surface area contributed by atoms with Crippen molar-refractivity contribution in [2.45, 2.75) is 20.8 Å². The summed E-state index contributed by atoms with van der Waals surface area (Å²) in [6, 6.07) is 7.88.